The van der Waals surface area contributed by atoms with Crippen LogP contribution in [0.25, 0.3) is 0 Å². The number of unbranched alkanes of at least 4 members (excludes halogenated alkanes) is 9. The predicted molar refractivity (Wildman–Crippen MR) is 83.1 cm³/mol. The Morgan fingerprint density at radius 3 is 1.58 bits per heavy atom. The zero-order valence-electron chi connectivity index (χ0n) is 12.9. The van der Waals surface area contributed by atoms with Crippen molar-refractivity contribution < 1.29 is 10.2 Å². The van der Waals surface area contributed by atoms with Crippen LogP contribution in [0.1, 0.15) is 90.4 Å². The van der Waals surface area contributed by atoms with Gasteiger partial charge in [0.1, 0.15) is 0 Å². The zero-order valence-corrected chi connectivity index (χ0v) is 12.9. The third-order valence-corrected chi connectivity index (χ3v) is 3.80. The lowest BCUT2D eigenvalue weighted by Crippen LogP contribution is -2.25. The maximum Gasteiger partial charge on any atom is 0.0799 e. The second kappa shape index (κ2) is 14.3. The van der Waals surface area contributed by atoms with Crippen LogP contribution in [-0.2, 0) is 0 Å². The van der Waals surface area contributed by atoms with Crippen molar-refractivity contribution in [3.05, 3.63) is 6.92 Å². The minimum Gasteiger partial charge on any atom is -0.390 e. The van der Waals surface area contributed by atoms with Crippen LogP contribution in [0.5, 0.6) is 0 Å². The highest BCUT2D eigenvalue weighted by Gasteiger charge is 2.14. The molecule has 0 saturated carbocycles. The van der Waals surface area contributed by atoms with Crippen LogP contribution in [-0.4, -0.2) is 22.4 Å². The largest absolute Gasteiger partial charge is 0.390 e. The van der Waals surface area contributed by atoms with E-state index in [1.54, 1.807) is 0 Å². The Morgan fingerprint density at radius 2 is 1.11 bits per heavy atom. The number of hydrogen-bond acceptors (Lipinski definition) is 2. The Labute approximate surface area is 120 Å². The molecule has 115 valence electrons. The molecule has 1 radical (unpaired) electrons. The van der Waals surface area contributed by atoms with Crippen LogP contribution in [0.2, 0.25) is 0 Å². The molecule has 2 atom stereocenters. The summed E-state index contributed by atoms with van der Waals surface area (Å²) in [5, 5.41) is 19.7. The van der Waals surface area contributed by atoms with Crippen molar-refractivity contribution in [3.63, 3.8) is 0 Å². The Morgan fingerprint density at radius 1 is 0.684 bits per heavy atom. The van der Waals surface area contributed by atoms with Gasteiger partial charge in [0.05, 0.1) is 12.2 Å². The van der Waals surface area contributed by atoms with Gasteiger partial charge < -0.3 is 10.2 Å². The highest BCUT2D eigenvalue weighted by molar-refractivity contribution is 4.67. The van der Waals surface area contributed by atoms with Crippen LogP contribution in [0, 0.1) is 6.92 Å². The fourth-order valence-electron chi connectivity index (χ4n) is 2.40. The third kappa shape index (κ3) is 12.7. The molecule has 2 nitrogen and oxygen atoms in total. The first kappa shape index (κ1) is 18.9. The van der Waals surface area contributed by atoms with Gasteiger partial charge in [0.15, 0.2) is 0 Å². The smallest absolute Gasteiger partial charge is 0.0799 e. The Balaban J connectivity index is 3.35. The van der Waals surface area contributed by atoms with Gasteiger partial charge in [0.2, 0.25) is 0 Å². The lowest BCUT2D eigenvalue weighted by atomic mass is 10.00. The molecule has 0 spiro atoms. The fourth-order valence-corrected chi connectivity index (χ4v) is 2.40. The Bertz CT molecular complexity index is 171. The van der Waals surface area contributed by atoms with Crippen LogP contribution < -0.4 is 0 Å². The summed E-state index contributed by atoms with van der Waals surface area (Å²) in [6.07, 6.45) is 13.4. The highest BCUT2D eigenvalue weighted by Crippen LogP contribution is 2.14. The van der Waals surface area contributed by atoms with E-state index in [9.17, 15) is 10.2 Å². The van der Waals surface area contributed by atoms with Gasteiger partial charge in [-0.15, -0.1) is 0 Å². The monoisotopic (exact) mass is 271 g/mol. The van der Waals surface area contributed by atoms with Gasteiger partial charge in [-0.05, 0) is 12.8 Å². The topological polar surface area (TPSA) is 40.5 Å². The summed E-state index contributed by atoms with van der Waals surface area (Å²) < 4.78 is 0. The lowest BCUT2D eigenvalue weighted by Gasteiger charge is -2.17. The van der Waals surface area contributed by atoms with Crippen molar-refractivity contribution in [2.24, 2.45) is 0 Å². The quantitative estimate of drug-likeness (QED) is 0.452. The molecule has 0 aliphatic heterocycles. The average molecular weight is 271 g/mol. The van der Waals surface area contributed by atoms with Gasteiger partial charge in [-0.1, -0.05) is 84.5 Å². The van der Waals surface area contributed by atoms with Gasteiger partial charge >= 0.3 is 0 Å². The molecule has 0 amide bonds. The third-order valence-electron chi connectivity index (χ3n) is 3.80. The number of aliphatic hydroxyl groups excluding tert-OH is 2. The fraction of sp³-hybridized carbons (Fsp3) is 0.941. The molecule has 0 saturated heterocycles. The normalized spacial score (nSPS) is 14.5. The van der Waals surface area contributed by atoms with Crippen LogP contribution in [0.3, 0.4) is 0 Å². The van der Waals surface area contributed by atoms with Gasteiger partial charge in [-0.3, -0.25) is 0 Å². The molecule has 2 N–H and O–H groups in total. The molecule has 2 unspecified atom stereocenters. The molecular weight excluding hydrogens is 236 g/mol. The van der Waals surface area contributed by atoms with Crippen molar-refractivity contribution in [1.82, 2.24) is 0 Å². The maximum atomic E-state index is 9.86. The Kier molecular flexibility index (Phi) is 14.3. The van der Waals surface area contributed by atoms with Crippen molar-refractivity contribution >= 4 is 0 Å². The molecule has 0 aromatic heterocycles. The van der Waals surface area contributed by atoms with E-state index in [0.717, 1.165) is 38.5 Å². The lowest BCUT2D eigenvalue weighted by molar-refractivity contribution is 0.00712. The van der Waals surface area contributed by atoms with Crippen molar-refractivity contribution in [2.45, 2.75) is 103 Å². The van der Waals surface area contributed by atoms with Crippen molar-refractivity contribution in [1.29, 1.82) is 0 Å². The number of rotatable bonds is 14. The molecule has 0 heterocycles. The minimum absolute atomic E-state index is 0.515. The highest BCUT2D eigenvalue weighted by atomic mass is 16.3. The van der Waals surface area contributed by atoms with E-state index in [1.165, 1.54) is 44.9 Å². The van der Waals surface area contributed by atoms with Gasteiger partial charge in [-0.2, -0.15) is 0 Å². The van der Waals surface area contributed by atoms with Crippen molar-refractivity contribution in [3.8, 4) is 0 Å². The molecule has 19 heavy (non-hydrogen) atoms. The summed E-state index contributed by atoms with van der Waals surface area (Å²) in [5.74, 6) is 0. The summed E-state index contributed by atoms with van der Waals surface area (Å²) in [6, 6.07) is 0. The number of hydrogen-bond donors (Lipinski definition) is 2. The SMILES string of the molecule is [CH2]CCCCCCC(O)C(O)CCCCCCCC. The molecule has 0 fully saturated rings. The molecular formula is C17H35O2. The molecule has 0 aliphatic carbocycles. The summed E-state index contributed by atoms with van der Waals surface area (Å²) in [4.78, 5) is 0. The summed E-state index contributed by atoms with van der Waals surface area (Å²) in [6.45, 7) is 6.04. The van der Waals surface area contributed by atoms with Gasteiger partial charge in [0.25, 0.3) is 0 Å². The first-order valence-electron chi connectivity index (χ1n) is 8.37. The standard InChI is InChI=1S/C17H35O2/c1-3-5-7-9-11-13-15-17(19)16(18)14-12-10-8-6-4-2/h16-19H,2-15H2,1H3. The predicted octanol–water partition coefficient (Wildman–Crippen LogP) is 4.63. The van der Waals surface area contributed by atoms with E-state index in [1.807, 2.05) is 0 Å². The zero-order chi connectivity index (χ0) is 14.3. The van der Waals surface area contributed by atoms with Crippen molar-refractivity contribution in [2.75, 3.05) is 0 Å². The van der Waals surface area contributed by atoms with E-state index < -0.39 is 12.2 Å². The Hall–Kier alpha value is -0.0800. The van der Waals surface area contributed by atoms with Gasteiger partial charge in [0, 0.05) is 0 Å². The second-order valence-electron chi connectivity index (χ2n) is 5.75. The van der Waals surface area contributed by atoms with Crippen LogP contribution in [0.4, 0.5) is 0 Å². The first-order chi connectivity index (χ1) is 9.22. The molecule has 0 aromatic carbocycles. The first-order valence-corrected chi connectivity index (χ1v) is 8.37. The second-order valence-corrected chi connectivity index (χ2v) is 5.75. The molecule has 0 bridgehead atoms. The molecule has 0 rings (SSSR count). The minimum atomic E-state index is -0.518. The maximum absolute atomic E-state index is 9.86. The molecule has 0 aromatic rings. The van der Waals surface area contributed by atoms with Gasteiger partial charge in [-0.25, -0.2) is 0 Å². The number of aliphatic hydroxyl groups is 2. The molecule has 2 heteroatoms. The summed E-state index contributed by atoms with van der Waals surface area (Å²) >= 11 is 0. The molecule has 0 aliphatic rings. The summed E-state index contributed by atoms with van der Waals surface area (Å²) in [7, 11) is 0. The van der Waals surface area contributed by atoms with Crippen LogP contribution >= 0.6 is 0 Å². The van der Waals surface area contributed by atoms with Crippen LogP contribution in [0.15, 0.2) is 0 Å². The van der Waals surface area contributed by atoms with E-state index in [2.05, 4.69) is 13.8 Å². The van der Waals surface area contributed by atoms with E-state index in [4.69, 9.17) is 0 Å². The van der Waals surface area contributed by atoms with E-state index >= 15 is 0 Å². The average Bonchev–Trinajstić information content (AvgIpc) is 2.42. The summed E-state index contributed by atoms with van der Waals surface area (Å²) in [5.41, 5.74) is 0. The van der Waals surface area contributed by atoms with E-state index in [-0.39, 0.29) is 0 Å². The van der Waals surface area contributed by atoms with E-state index in [0.29, 0.717) is 0 Å².